The third kappa shape index (κ3) is 3.11. The number of unbranched alkanes of at least 4 members (excludes halogenated alkanes) is 1. The fourth-order valence-electron chi connectivity index (χ4n) is 1.99. The van der Waals surface area contributed by atoms with Crippen LogP contribution in [-0.2, 0) is 0 Å². The molecule has 2 rings (SSSR count). The van der Waals surface area contributed by atoms with Crippen molar-refractivity contribution < 1.29 is 5.11 Å². The molecule has 0 aromatic carbocycles. The number of nitrogens with zero attached hydrogens (tertiary/aromatic N) is 4. The molecule has 2 aromatic heterocycles. The highest BCUT2D eigenvalue weighted by Gasteiger charge is 2.24. The molecule has 108 valence electrons. The molecule has 7 heteroatoms. The van der Waals surface area contributed by atoms with Crippen LogP contribution in [0.2, 0.25) is 0 Å². The number of nitrogens with one attached hydrogen (secondary N) is 1. The number of hydrogen-bond donors (Lipinski definition) is 3. The van der Waals surface area contributed by atoms with Gasteiger partial charge in [0.25, 0.3) is 0 Å². The highest BCUT2D eigenvalue weighted by atomic mass is 16.3. The van der Waals surface area contributed by atoms with Gasteiger partial charge in [-0.1, -0.05) is 19.8 Å². The Morgan fingerprint density at radius 2 is 2.15 bits per heavy atom. The van der Waals surface area contributed by atoms with Gasteiger partial charge in [0, 0.05) is 0 Å². The Kier molecular flexibility index (Phi) is 4.29. The van der Waals surface area contributed by atoms with Crippen molar-refractivity contribution in [2.75, 3.05) is 17.7 Å². The molecule has 0 spiro atoms. The maximum atomic E-state index is 9.64. The lowest BCUT2D eigenvalue weighted by Gasteiger charge is -2.29. The number of fused-ring (bicyclic) bond motifs is 1. The van der Waals surface area contributed by atoms with Gasteiger partial charge in [-0.15, -0.1) is 0 Å². The minimum absolute atomic E-state index is 0.0130. The van der Waals surface area contributed by atoms with Gasteiger partial charge in [-0.05, 0) is 13.3 Å². The minimum atomic E-state index is -0.447. The molecule has 0 amide bonds. The van der Waals surface area contributed by atoms with E-state index in [1.807, 2.05) is 6.92 Å². The molecule has 7 nitrogen and oxygen atoms in total. The summed E-state index contributed by atoms with van der Waals surface area (Å²) in [6.07, 6.45) is 5.93. The Bertz CT molecular complexity index is 590. The van der Waals surface area contributed by atoms with E-state index in [-0.39, 0.29) is 12.6 Å². The first-order valence-electron chi connectivity index (χ1n) is 6.70. The Labute approximate surface area is 117 Å². The number of nitrogens with two attached hydrogens (primary N) is 1. The van der Waals surface area contributed by atoms with Gasteiger partial charge in [-0.2, -0.15) is 0 Å². The molecule has 1 atom stereocenters. The second-order valence-electron chi connectivity index (χ2n) is 5.13. The lowest BCUT2D eigenvalue weighted by atomic mass is 9.96. The Balaban J connectivity index is 2.34. The third-order valence-electron chi connectivity index (χ3n) is 3.25. The van der Waals surface area contributed by atoms with Crippen molar-refractivity contribution in [3.05, 3.63) is 12.5 Å². The molecule has 0 saturated carbocycles. The van der Waals surface area contributed by atoms with Crippen molar-refractivity contribution in [2.24, 2.45) is 0 Å². The zero-order valence-electron chi connectivity index (χ0n) is 11.8. The van der Waals surface area contributed by atoms with E-state index < -0.39 is 5.54 Å². The van der Waals surface area contributed by atoms with Crippen LogP contribution in [0, 0.1) is 0 Å². The van der Waals surface area contributed by atoms with Crippen LogP contribution >= 0.6 is 0 Å². The average molecular weight is 276 g/mol. The van der Waals surface area contributed by atoms with Crippen molar-refractivity contribution in [1.29, 1.82) is 0 Å². The second-order valence-corrected chi connectivity index (χ2v) is 5.13. The predicted octanol–water partition coefficient (Wildman–Crippen LogP) is 1.36. The Morgan fingerprint density at radius 3 is 2.85 bits per heavy atom. The molecule has 0 fully saturated rings. The maximum absolute atomic E-state index is 9.64. The average Bonchev–Trinajstić information content (AvgIpc) is 2.46. The molecule has 0 saturated heterocycles. The molecule has 0 aliphatic rings. The summed E-state index contributed by atoms with van der Waals surface area (Å²) < 4.78 is 0. The van der Waals surface area contributed by atoms with Crippen molar-refractivity contribution in [1.82, 2.24) is 19.9 Å². The van der Waals surface area contributed by atoms with Gasteiger partial charge in [0.1, 0.15) is 17.4 Å². The van der Waals surface area contributed by atoms with Gasteiger partial charge in [-0.3, -0.25) is 0 Å². The summed E-state index contributed by atoms with van der Waals surface area (Å²) in [6, 6.07) is 0. The Hall–Kier alpha value is -2.02. The lowest BCUT2D eigenvalue weighted by Crippen LogP contribution is -2.39. The third-order valence-corrected chi connectivity index (χ3v) is 3.25. The summed E-state index contributed by atoms with van der Waals surface area (Å²) in [7, 11) is 0. The lowest BCUT2D eigenvalue weighted by molar-refractivity contribution is 0.212. The van der Waals surface area contributed by atoms with Gasteiger partial charge in [0.05, 0.1) is 18.3 Å². The number of nitrogen functional groups attached to an aromatic ring is 1. The molecule has 2 heterocycles. The second kappa shape index (κ2) is 5.96. The maximum Gasteiger partial charge on any atom is 0.220 e. The quantitative estimate of drug-likeness (QED) is 0.730. The van der Waals surface area contributed by atoms with E-state index in [1.165, 1.54) is 6.33 Å². The van der Waals surface area contributed by atoms with Crippen LogP contribution in [0.3, 0.4) is 0 Å². The summed E-state index contributed by atoms with van der Waals surface area (Å²) >= 11 is 0. The molecule has 0 bridgehead atoms. The van der Waals surface area contributed by atoms with Gasteiger partial charge >= 0.3 is 0 Å². The number of aliphatic hydroxyl groups excluding tert-OH is 1. The standard InChI is InChI=1S/C13H20N6O/c1-3-4-5-13(2,7-20)19-11-10-9(16-8-17-11)6-15-12(14)18-10/h6,8,20H,3-5,7H2,1-2H3,(H2,14,15,18)(H,16,17,19). The van der Waals surface area contributed by atoms with Crippen molar-refractivity contribution in [3.63, 3.8) is 0 Å². The number of aromatic nitrogens is 4. The van der Waals surface area contributed by atoms with Crippen molar-refractivity contribution in [2.45, 2.75) is 38.6 Å². The van der Waals surface area contributed by atoms with Gasteiger partial charge in [0.2, 0.25) is 5.95 Å². The van der Waals surface area contributed by atoms with Crippen LogP contribution in [-0.4, -0.2) is 37.2 Å². The van der Waals surface area contributed by atoms with Gasteiger partial charge in [-0.25, -0.2) is 19.9 Å². The molecular formula is C13H20N6O. The molecule has 4 N–H and O–H groups in total. The van der Waals surface area contributed by atoms with Crippen LogP contribution in [0.25, 0.3) is 11.0 Å². The molecule has 0 radical (unpaired) electrons. The fraction of sp³-hybridized carbons (Fsp3) is 0.538. The molecule has 0 aliphatic carbocycles. The highest BCUT2D eigenvalue weighted by molar-refractivity contribution is 5.85. The van der Waals surface area contributed by atoms with E-state index in [2.05, 4.69) is 32.2 Å². The van der Waals surface area contributed by atoms with E-state index in [1.54, 1.807) is 6.20 Å². The summed E-state index contributed by atoms with van der Waals surface area (Å²) in [5, 5.41) is 12.9. The number of anilines is 2. The van der Waals surface area contributed by atoms with Crippen LogP contribution in [0.5, 0.6) is 0 Å². The molecule has 1 unspecified atom stereocenters. The van der Waals surface area contributed by atoms with Crippen LogP contribution < -0.4 is 11.1 Å². The van der Waals surface area contributed by atoms with Crippen molar-refractivity contribution in [3.8, 4) is 0 Å². The number of aliphatic hydroxyl groups is 1. The van der Waals surface area contributed by atoms with E-state index >= 15 is 0 Å². The first-order valence-corrected chi connectivity index (χ1v) is 6.70. The SMILES string of the molecule is CCCCC(C)(CO)Nc1ncnc2cnc(N)nc12. The van der Waals surface area contributed by atoms with E-state index in [9.17, 15) is 5.11 Å². The zero-order valence-corrected chi connectivity index (χ0v) is 11.8. The molecule has 2 aromatic rings. The summed E-state index contributed by atoms with van der Waals surface area (Å²) in [5.41, 5.74) is 6.35. The first kappa shape index (κ1) is 14.4. The largest absolute Gasteiger partial charge is 0.394 e. The molecular weight excluding hydrogens is 256 g/mol. The fourth-order valence-corrected chi connectivity index (χ4v) is 1.99. The summed E-state index contributed by atoms with van der Waals surface area (Å²) in [6.45, 7) is 4.09. The zero-order chi connectivity index (χ0) is 14.6. The van der Waals surface area contributed by atoms with E-state index in [0.717, 1.165) is 19.3 Å². The first-order chi connectivity index (χ1) is 9.58. The van der Waals surface area contributed by atoms with Gasteiger partial charge < -0.3 is 16.2 Å². The number of hydrogen-bond acceptors (Lipinski definition) is 7. The molecule has 0 aliphatic heterocycles. The van der Waals surface area contributed by atoms with Crippen LogP contribution in [0.4, 0.5) is 11.8 Å². The van der Waals surface area contributed by atoms with Crippen molar-refractivity contribution >= 4 is 22.8 Å². The highest BCUT2D eigenvalue weighted by Crippen LogP contribution is 2.23. The van der Waals surface area contributed by atoms with Crippen LogP contribution in [0.15, 0.2) is 12.5 Å². The van der Waals surface area contributed by atoms with Crippen LogP contribution in [0.1, 0.15) is 33.1 Å². The smallest absolute Gasteiger partial charge is 0.220 e. The van der Waals surface area contributed by atoms with E-state index in [0.29, 0.717) is 16.9 Å². The summed E-state index contributed by atoms with van der Waals surface area (Å²) in [4.78, 5) is 16.4. The van der Waals surface area contributed by atoms with Gasteiger partial charge in [0.15, 0.2) is 5.82 Å². The monoisotopic (exact) mass is 276 g/mol. The Morgan fingerprint density at radius 1 is 1.35 bits per heavy atom. The topological polar surface area (TPSA) is 110 Å². The van der Waals surface area contributed by atoms with E-state index in [4.69, 9.17) is 5.73 Å². The normalized spacial score (nSPS) is 14.2. The summed E-state index contributed by atoms with van der Waals surface area (Å²) in [5.74, 6) is 0.742. The predicted molar refractivity (Wildman–Crippen MR) is 78.2 cm³/mol. The molecule has 20 heavy (non-hydrogen) atoms. The minimum Gasteiger partial charge on any atom is -0.394 e. The number of rotatable bonds is 6.